The third-order valence-electron chi connectivity index (χ3n) is 4.54. The molecule has 2 rings (SSSR count). The molecule has 2 atom stereocenters. The van der Waals surface area contributed by atoms with Crippen molar-refractivity contribution in [2.45, 2.75) is 38.8 Å². The maximum absolute atomic E-state index is 12.8. The second kappa shape index (κ2) is 10.4. The number of methoxy groups -OCH3 is 3. The van der Waals surface area contributed by atoms with Crippen molar-refractivity contribution in [3.8, 4) is 23.0 Å². The number of nitrogens with one attached hydrogen (secondary N) is 1. The smallest absolute Gasteiger partial charge is 0.261 e. The normalized spacial score (nSPS) is 12.6. The van der Waals surface area contributed by atoms with Gasteiger partial charge in [-0.3, -0.25) is 4.79 Å². The summed E-state index contributed by atoms with van der Waals surface area (Å²) in [6.45, 7) is 3.94. The van der Waals surface area contributed by atoms with Crippen molar-refractivity contribution in [3.63, 3.8) is 0 Å². The highest BCUT2D eigenvalue weighted by molar-refractivity contribution is 5.81. The first-order valence-corrected chi connectivity index (χ1v) is 9.39. The van der Waals surface area contributed by atoms with Gasteiger partial charge in [-0.25, -0.2) is 0 Å². The fourth-order valence-corrected chi connectivity index (χ4v) is 2.90. The van der Waals surface area contributed by atoms with Crippen LogP contribution in [0.25, 0.3) is 0 Å². The van der Waals surface area contributed by atoms with Gasteiger partial charge in [0.15, 0.2) is 17.6 Å². The Kier molecular flexibility index (Phi) is 7.99. The van der Waals surface area contributed by atoms with Gasteiger partial charge in [-0.1, -0.05) is 19.9 Å². The number of ether oxygens (including phenoxy) is 4. The van der Waals surface area contributed by atoms with Crippen LogP contribution in [0, 0.1) is 0 Å². The number of benzene rings is 2. The molecule has 0 spiro atoms. The minimum atomic E-state index is -0.581. The standard InChI is InChI=1S/C22H29NO5/c1-6-18(15-8-13-20(26-4)21(14-15)27-5)23-22(24)19(7-2)28-17-11-9-16(25-3)10-12-17/h8-14,18-19H,6-7H2,1-5H3,(H,23,24)/t18-,19-/m0/s1. The van der Waals surface area contributed by atoms with Gasteiger partial charge in [0.25, 0.3) is 5.91 Å². The topological polar surface area (TPSA) is 66.0 Å². The van der Waals surface area contributed by atoms with E-state index in [-0.39, 0.29) is 11.9 Å². The number of carbonyl (C=O) groups excluding carboxylic acids is 1. The maximum atomic E-state index is 12.8. The number of hydrogen-bond acceptors (Lipinski definition) is 5. The van der Waals surface area contributed by atoms with E-state index < -0.39 is 6.10 Å². The summed E-state index contributed by atoms with van der Waals surface area (Å²) in [4.78, 5) is 12.8. The van der Waals surface area contributed by atoms with E-state index in [1.165, 1.54) is 0 Å². The van der Waals surface area contributed by atoms with Crippen molar-refractivity contribution in [1.29, 1.82) is 0 Å². The first kappa shape index (κ1) is 21.4. The molecule has 6 heteroatoms. The van der Waals surface area contributed by atoms with Crippen LogP contribution in [0.15, 0.2) is 42.5 Å². The minimum Gasteiger partial charge on any atom is -0.497 e. The molecule has 0 aliphatic rings. The zero-order valence-electron chi connectivity index (χ0n) is 17.2. The predicted octanol–water partition coefficient (Wildman–Crippen LogP) is 4.14. The molecule has 0 aliphatic carbocycles. The molecule has 6 nitrogen and oxygen atoms in total. The van der Waals surface area contributed by atoms with Gasteiger partial charge in [-0.05, 0) is 54.8 Å². The summed E-state index contributed by atoms with van der Waals surface area (Å²) in [5, 5.41) is 3.08. The largest absolute Gasteiger partial charge is 0.497 e. The summed E-state index contributed by atoms with van der Waals surface area (Å²) in [5.41, 5.74) is 0.952. The Bertz CT molecular complexity index is 760. The molecule has 0 radical (unpaired) electrons. The fourth-order valence-electron chi connectivity index (χ4n) is 2.90. The highest BCUT2D eigenvalue weighted by atomic mass is 16.5. The van der Waals surface area contributed by atoms with Crippen LogP contribution in [0.1, 0.15) is 38.3 Å². The third-order valence-corrected chi connectivity index (χ3v) is 4.54. The van der Waals surface area contributed by atoms with Gasteiger partial charge < -0.3 is 24.3 Å². The lowest BCUT2D eigenvalue weighted by molar-refractivity contribution is -0.128. The zero-order chi connectivity index (χ0) is 20.5. The second-order valence-electron chi connectivity index (χ2n) is 6.27. The molecule has 1 N–H and O–H groups in total. The van der Waals surface area contributed by atoms with Gasteiger partial charge in [0, 0.05) is 0 Å². The van der Waals surface area contributed by atoms with Crippen LogP contribution in [0.2, 0.25) is 0 Å². The van der Waals surface area contributed by atoms with E-state index in [4.69, 9.17) is 18.9 Å². The molecule has 2 aromatic carbocycles. The predicted molar refractivity (Wildman–Crippen MR) is 108 cm³/mol. The van der Waals surface area contributed by atoms with Crippen molar-refractivity contribution >= 4 is 5.91 Å². The summed E-state index contributed by atoms with van der Waals surface area (Å²) in [6, 6.07) is 12.7. The molecule has 0 saturated heterocycles. The van der Waals surface area contributed by atoms with Gasteiger partial charge in [-0.15, -0.1) is 0 Å². The average molecular weight is 387 g/mol. The Morgan fingerprint density at radius 3 is 2.04 bits per heavy atom. The lowest BCUT2D eigenvalue weighted by Crippen LogP contribution is -2.39. The molecule has 0 unspecified atom stereocenters. The van der Waals surface area contributed by atoms with Crippen LogP contribution in [-0.4, -0.2) is 33.3 Å². The van der Waals surface area contributed by atoms with E-state index in [0.29, 0.717) is 23.7 Å². The average Bonchev–Trinajstić information content (AvgIpc) is 2.75. The Morgan fingerprint density at radius 1 is 0.857 bits per heavy atom. The van der Waals surface area contributed by atoms with E-state index in [2.05, 4.69) is 5.32 Å². The Morgan fingerprint density at radius 2 is 1.50 bits per heavy atom. The first-order chi connectivity index (χ1) is 13.6. The van der Waals surface area contributed by atoms with Gasteiger partial charge >= 0.3 is 0 Å². The van der Waals surface area contributed by atoms with Crippen molar-refractivity contribution in [2.75, 3.05) is 21.3 Å². The quantitative estimate of drug-likeness (QED) is 0.664. The Labute approximate surface area is 166 Å². The zero-order valence-corrected chi connectivity index (χ0v) is 17.2. The molecule has 0 aliphatic heterocycles. The number of amides is 1. The Balaban J connectivity index is 2.10. The molecule has 0 aromatic heterocycles. The molecule has 0 bridgehead atoms. The molecule has 0 heterocycles. The van der Waals surface area contributed by atoms with Crippen LogP contribution in [0.4, 0.5) is 0 Å². The van der Waals surface area contributed by atoms with Crippen molar-refractivity contribution in [2.24, 2.45) is 0 Å². The van der Waals surface area contributed by atoms with Crippen LogP contribution in [-0.2, 0) is 4.79 Å². The number of hydrogen-bond donors (Lipinski definition) is 1. The highest BCUT2D eigenvalue weighted by Crippen LogP contribution is 2.31. The molecule has 0 saturated carbocycles. The van der Waals surface area contributed by atoms with Crippen LogP contribution >= 0.6 is 0 Å². The molecule has 2 aromatic rings. The maximum Gasteiger partial charge on any atom is 0.261 e. The fraction of sp³-hybridized carbons (Fsp3) is 0.409. The molecule has 1 amide bonds. The second-order valence-corrected chi connectivity index (χ2v) is 6.27. The SMILES string of the molecule is CC[C@H](Oc1ccc(OC)cc1)C(=O)N[C@@H](CC)c1ccc(OC)c(OC)c1. The molecule has 28 heavy (non-hydrogen) atoms. The van der Waals surface area contributed by atoms with E-state index in [1.54, 1.807) is 45.6 Å². The summed E-state index contributed by atoms with van der Waals surface area (Å²) in [7, 11) is 4.80. The summed E-state index contributed by atoms with van der Waals surface area (Å²) in [6.07, 6.45) is 0.711. The summed E-state index contributed by atoms with van der Waals surface area (Å²) >= 11 is 0. The van der Waals surface area contributed by atoms with E-state index in [1.807, 2.05) is 32.0 Å². The number of carbonyl (C=O) groups is 1. The lowest BCUT2D eigenvalue weighted by atomic mass is 10.0. The Hall–Kier alpha value is -2.89. The molecule has 152 valence electrons. The van der Waals surface area contributed by atoms with Gasteiger partial charge in [-0.2, -0.15) is 0 Å². The van der Waals surface area contributed by atoms with Crippen molar-refractivity contribution in [1.82, 2.24) is 5.32 Å². The first-order valence-electron chi connectivity index (χ1n) is 9.39. The number of rotatable bonds is 10. The summed E-state index contributed by atoms with van der Waals surface area (Å²) in [5.74, 6) is 2.50. The van der Waals surface area contributed by atoms with Gasteiger partial charge in [0.2, 0.25) is 0 Å². The third kappa shape index (κ3) is 5.31. The van der Waals surface area contributed by atoms with E-state index >= 15 is 0 Å². The molecule has 0 fully saturated rings. The van der Waals surface area contributed by atoms with E-state index in [9.17, 15) is 4.79 Å². The lowest BCUT2D eigenvalue weighted by Gasteiger charge is -2.23. The van der Waals surface area contributed by atoms with Gasteiger partial charge in [0.05, 0.1) is 27.4 Å². The van der Waals surface area contributed by atoms with Crippen molar-refractivity contribution in [3.05, 3.63) is 48.0 Å². The van der Waals surface area contributed by atoms with E-state index in [0.717, 1.165) is 17.7 Å². The van der Waals surface area contributed by atoms with Crippen molar-refractivity contribution < 1.29 is 23.7 Å². The molecular formula is C22H29NO5. The highest BCUT2D eigenvalue weighted by Gasteiger charge is 2.22. The minimum absolute atomic E-state index is 0.152. The van der Waals surface area contributed by atoms with Crippen LogP contribution in [0.3, 0.4) is 0 Å². The van der Waals surface area contributed by atoms with Crippen LogP contribution < -0.4 is 24.3 Å². The summed E-state index contributed by atoms with van der Waals surface area (Å²) < 4.78 is 21.7. The van der Waals surface area contributed by atoms with Crippen LogP contribution in [0.5, 0.6) is 23.0 Å². The molecular weight excluding hydrogens is 358 g/mol. The monoisotopic (exact) mass is 387 g/mol. The van der Waals surface area contributed by atoms with Gasteiger partial charge in [0.1, 0.15) is 11.5 Å².